The third-order valence-electron chi connectivity index (χ3n) is 4.35. The fourth-order valence-electron chi connectivity index (χ4n) is 3.33. The summed E-state index contributed by atoms with van der Waals surface area (Å²) in [6, 6.07) is 0. The zero-order valence-electron chi connectivity index (χ0n) is 13.6. The second kappa shape index (κ2) is 5.59. The molecular weight excluding hydrogens is 280 g/mol. The van der Waals surface area contributed by atoms with Crippen LogP contribution in [0.15, 0.2) is 10.7 Å². The van der Waals surface area contributed by atoms with Gasteiger partial charge in [-0.05, 0) is 33.6 Å². The van der Waals surface area contributed by atoms with Crippen molar-refractivity contribution in [2.24, 2.45) is 7.05 Å². The Hall–Kier alpha value is -2.11. The molecule has 22 heavy (non-hydrogen) atoms. The maximum absolute atomic E-state index is 12.8. The molecule has 0 spiro atoms. The molecule has 1 fully saturated rings. The van der Waals surface area contributed by atoms with Crippen LogP contribution < -0.4 is 0 Å². The minimum Gasteiger partial charge on any atom is -0.361 e. The van der Waals surface area contributed by atoms with Crippen LogP contribution in [0.2, 0.25) is 0 Å². The molecule has 0 aromatic carbocycles. The van der Waals surface area contributed by atoms with E-state index in [4.69, 9.17) is 4.52 Å². The van der Waals surface area contributed by atoms with E-state index < -0.39 is 0 Å². The highest BCUT2D eigenvalue weighted by atomic mass is 16.5. The number of aromatic nitrogens is 3. The molecule has 6 heteroatoms. The Morgan fingerprint density at radius 2 is 2.14 bits per heavy atom. The Morgan fingerprint density at radius 1 is 1.36 bits per heavy atom. The van der Waals surface area contributed by atoms with E-state index in [-0.39, 0.29) is 11.8 Å². The van der Waals surface area contributed by atoms with Crippen molar-refractivity contribution in [3.8, 4) is 0 Å². The summed E-state index contributed by atoms with van der Waals surface area (Å²) in [6.07, 6.45) is 4.09. The smallest absolute Gasteiger partial charge is 0.259 e. The number of carbonyl (C=O) groups excluding carboxylic acids is 1. The first-order chi connectivity index (χ1) is 10.5. The van der Waals surface area contributed by atoms with E-state index in [2.05, 4.69) is 14.7 Å². The molecule has 0 aliphatic carbocycles. The highest BCUT2D eigenvalue weighted by molar-refractivity contribution is 5.96. The van der Waals surface area contributed by atoms with Gasteiger partial charge >= 0.3 is 0 Å². The van der Waals surface area contributed by atoms with Crippen molar-refractivity contribution in [2.75, 3.05) is 13.1 Å². The van der Waals surface area contributed by atoms with Gasteiger partial charge in [-0.15, -0.1) is 0 Å². The number of hydrogen-bond acceptors (Lipinski definition) is 4. The van der Waals surface area contributed by atoms with Crippen LogP contribution in [0.3, 0.4) is 0 Å². The van der Waals surface area contributed by atoms with Crippen LogP contribution in [0.5, 0.6) is 0 Å². The molecule has 0 saturated carbocycles. The van der Waals surface area contributed by atoms with E-state index in [1.165, 1.54) is 0 Å². The molecule has 1 amide bonds. The number of nitrogens with zero attached hydrogens (tertiary/aromatic N) is 4. The molecule has 6 nitrogen and oxygen atoms in total. The summed E-state index contributed by atoms with van der Waals surface area (Å²) in [6.45, 7) is 7.08. The lowest BCUT2D eigenvalue weighted by Crippen LogP contribution is -2.40. The standard InChI is InChI=1S/C16H22N4O2/c1-10-8-19(4)15(17-10)13-6-5-7-20(9-13)16(21)14-11(2)18-22-12(14)3/h8,13H,5-7,9H2,1-4H3. The Kier molecular flexibility index (Phi) is 3.76. The van der Waals surface area contributed by atoms with Gasteiger partial charge in [0.25, 0.3) is 5.91 Å². The highest BCUT2D eigenvalue weighted by Crippen LogP contribution is 2.28. The molecule has 1 aliphatic heterocycles. The van der Waals surface area contributed by atoms with Gasteiger partial charge in [0.15, 0.2) is 0 Å². The summed E-state index contributed by atoms with van der Waals surface area (Å²) in [5.41, 5.74) is 2.29. The number of aryl methyl sites for hydroxylation is 4. The summed E-state index contributed by atoms with van der Waals surface area (Å²) < 4.78 is 7.20. The molecule has 3 heterocycles. The summed E-state index contributed by atoms with van der Waals surface area (Å²) in [4.78, 5) is 19.3. The molecule has 118 valence electrons. The molecule has 1 aliphatic rings. The van der Waals surface area contributed by atoms with Crippen LogP contribution in [0, 0.1) is 20.8 Å². The zero-order chi connectivity index (χ0) is 15.9. The molecule has 1 unspecified atom stereocenters. The number of likely N-dealkylation sites (tertiary alicyclic amines) is 1. The van der Waals surface area contributed by atoms with Crippen molar-refractivity contribution in [1.29, 1.82) is 0 Å². The second-order valence-electron chi connectivity index (χ2n) is 6.14. The van der Waals surface area contributed by atoms with Crippen molar-refractivity contribution in [2.45, 2.75) is 39.5 Å². The first kappa shape index (κ1) is 14.8. The molecule has 2 aromatic rings. The van der Waals surface area contributed by atoms with E-state index in [0.717, 1.165) is 30.9 Å². The molecule has 1 atom stereocenters. The molecule has 2 aromatic heterocycles. The van der Waals surface area contributed by atoms with Gasteiger partial charge < -0.3 is 14.0 Å². The van der Waals surface area contributed by atoms with Gasteiger partial charge in [-0.2, -0.15) is 0 Å². The van der Waals surface area contributed by atoms with Gasteiger partial charge in [-0.25, -0.2) is 4.98 Å². The van der Waals surface area contributed by atoms with Crippen LogP contribution in [-0.4, -0.2) is 38.6 Å². The zero-order valence-corrected chi connectivity index (χ0v) is 13.6. The number of carbonyl (C=O) groups is 1. The Morgan fingerprint density at radius 3 is 2.73 bits per heavy atom. The largest absolute Gasteiger partial charge is 0.361 e. The fourth-order valence-corrected chi connectivity index (χ4v) is 3.33. The molecule has 0 N–H and O–H groups in total. The number of amides is 1. The topological polar surface area (TPSA) is 64.2 Å². The average Bonchev–Trinajstić information content (AvgIpc) is 3.00. The quantitative estimate of drug-likeness (QED) is 0.854. The van der Waals surface area contributed by atoms with Crippen molar-refractivity contribution in [3.05, 3.63) is 34.7 Å². The average molecular weight is 302 g/mol. The van der Waals surface area contributed by atoms with Gasteiger partial charge in [0, 0.05) is 32.3 Å². The monoisotopic (exact) mass is 302 g/mol. The SMILES string of the molecule is Cc1cn(C)c(C2CCCN(C(=O)c3c(C)noc3C)C2)n1. The minimum absolute atomic E-state index is 0.0203. The van der Waals surface area contributed by atoms with Crippen LogP contribution >= 0.6 is 0 Å². The summed E-state index contributed by atoms with van der Waals surface area (Å²) >= 11 is 0. The summed E-state index contributed by atoms with van der Waals surface area (Å²) in [7, 11) is 2.02. The molecule has 0 radical (unpaired) electrons. The highest BCUT2D eigenvalue weighted by Gasteiger charge is 2.30. The van der Waals surface area contributed by atoms with E-state index in [1.807, 2.05) is 32.0 Å². The Labute approximate surface area is 130 Å². The Balaban J connectivity index is 1.81. The van der Waals surface area contributed by atoms with E-state index in [0.29, 0.717) is 23.6 Å². The van der Waals surface area contributed by atoms with E-state index >= 15 is 0 Å². The second-order valence-corrected chi connectivity index (χ2v) is 6.14. The van der Waals surface area contributed by atoms with Crippen LogP contribution in [0.4, 0.5) is 0 Å². The third kappa shape index (κ3) is 2.53. The normalized spacial score (nSPS) is 18.7. The van der Waals surface area contributed by atoms with Crippen molar-refractivity contribution >= 4 is 5.91 Å². The first-order valence-electron chi connectivity index (χ1n) is 7.69. The van der Waals surface area contributed by atoms with Gasteiger partial charge in [-0.3, -0.25) is 4.79 Å². The van der Waals surface area contributed by atoms with E-state index in [1.54, 1.807) is 6.92 Å². The Bertz CT molecular complexity index is 682. The van der Waals surface area contributed by atoms with Gasteiger partial charge in [0.2, 0.25) is 0 Å². The molecule has 3 rings (SSSR count). The van der Waals surface area contributed by atoms with Crippen LogP contribution in [-0.2, 0) is 7.05 Å². The predicted octanol–water partition coefficient (Wildman–Crippen LogP) is 2.35. The fraction of sp³-hybridized carbons (Fsp3) is 0.562. The van der Waals surface area contributed by atoms with Crippen molar-refractivity contribution < 1.29 is 9.32 Å². The molecule has 0 bridgehead atoms. The van der Waals surface area contributed by atoms with Crippen LogP contribution in [0.1, 0.15) is 52.1 Å². The lowest BCUT2D eigenvalue weighted by atomic mass is 9.96. The van der Waals surface area contributed by atoms with Crippen molar-refractivity contribution in [1.82, 2.24) is 19.6 Å². The lowest BCUT2D eigenvalue weighted by molar-refractivity contribution is 0.0701. The maximum Gasteiger partial charge on any atom is 0.259 e. The van der Waals surface area contributed by atoms with E-state index in [9.17, 15) is 4.79 Å². The third-order valence-corrected chi connectivity index (χ3v) is 4.35. The molecular formula is C16H22N4O2. The maximum atomic E-state index is 12.8. The van der Waals surface area contributed by atoms with Gasteiger partial charge in [0.1, 0.15) is 17.1 Å². The van der Waals surface area contributed by atoms with Crippen molar-refractivity contribution in [3.63, 3.8) is 0 Å². The first-order valence-corrected chi connectivity index (χ1v) is 7.69. The van der Waals surface area contributed by atoms with Gasteiger partial charge in [-0.1, -0.05) is 5.16 Å². The summed E-state index contributed by atoms with van der Waals surface area (Å²) in [5, 5.41) is 3.89. The number of piperidine rings is 1. The van der Waals surface area contributed by atoms with Gasteiger partial charge in [0.05, 0.1) is 11.4 Å². The lowest BCUT2D eigenvalue weighted by Gasteiger charge is -2.32. The number of hydrogen-bond donors (Lipinski definition) is 0. The number of imidazole rings is 1. The predicted molar refractivity (Wildman–Crippen MR) is 81.8 cm³/mol. The minimum atomic E-state index is 0.0203. The number of rotatable bonds is 2. The van der Waals surface area contributed by atoms with Crippen LogP contribution in [0.25, 0.3) is 0 Å². The molecule has 1 saturated heterocycles. The summed E-state index contributed by atoms with van der Waals surface area (Å²) in [5.74, 6) is 1.97.